The van der Waals surface area contributed by atoms with Crippen molar-refractivity contribution < 1.29 is 4.79 Å². The number of rotatable bonds is 4. The molecule has 1 saturated carbocycles. The summed E-state index contributed by atoms with van der Waals surface area (Å²) in [5.74, 6) is 6.11. The second-order valence-electron chi connectivity index (χ2n) is 4.82. The normalized spacial score (nSPS) is 23.7. The van der Waals surface area contributed by atoms with Crippen molar-refractivity contribution in [3.05, 3.63) is 0 Å². The number of nitrogens with one attached hydrogen (secondary N) is 1. The quantitative estimate of drug-likeness (QED) is 0.717. The van der Waals surface area contributed by atoms with Crippen LogP contribution in [0, 0.1) is 17.8 Å². The van der Waals surface area contributed by atoms with E-state index >= 15 is 0 Å². The summed E-state index contributed by atoms with van der Waals surface area (Å²) in [7, 11) is 0. The molecule has 1 aliphatic carbocycles. The van der Waals surface area contributed by atoms with E-state index in [2.05, 4.69) is 17.2 Å². The average Bonchev–Trinajstić information content (AvgIpc) is 2.92. The molecule has 0 radical (unpaired) electrons. The van der Waals surface area contributed by atoms with Crippen molar-refractivity contribution in [1.29, 1.82) is 0 Å². The number of nitrogens with zero attached hydrogens (tertiary/aromatic N) is 1. The van der Waals surface area contributed by atoms with Crippen LogP contribution in [-0.4, -0.2) is 36.5 Å². The van der Waals surface area contributed by atoms with Crippen molar-refractivity contribution in [3.8, 4) is 11.8 Å². The topological polar surface area (TPSA) is 32.3 Å². The van der Waals surface area contributed by atoms with Gasteiger partial charge in [-0.3, -0.25) is 4.79 Å². The summed E-state index contributed by atoms with van der Waals surface area (Å²) in [4.78, 5) is 13.8. The van der Waals surface area contributed by atoms with Crippen LogP contribution < -0.4 is 5.32 Å². The third-order valence-electron chi connectivity index (χ3n) is 3.30. The van der Waals surface area contributed by atoms with Gasteiger partial charge >= 0.3 is 0 Å². The van der Waals surface area contributed by atoms with Crippen molar-refractivity contribution in [2.24, 2.45) is 5.92 Å². The molecule has 0 aromatic carbocycles. The van der Waals surface area contributed by atoms with E-state index in [0.29, 0.717) is 6.04 Å². The van der Waals surface area contributed by atoms with Gasteiger partial charge in [-0.25, -0.2) is 0 Å². The Morgan fingerprint density at radius 1 is 1.38 bits per heavy atom. The van der Waals surface area contributed by atoms with E-state index in [9.17, 15) is 4.79 Å². The summed E-state index contributed by atoms with van der Waals surface area (Å²) < 4.78 is 0. The number of hydrogen-bond acceptors (Lipinski definition) is 2. The molecule has 1 atom stereocenters. The minimum absolute atomic E-state index is 0.00287. The lowest BCUT2D eigenvalue weighted by atomic mass is 10.2. The highest BCUT2D eigenvalue weighted by Crippen LogP contribution is 2.29. The van der Waals surface area contributed by atoms with Crippen LogP contribution in [0.15, 0.2) is 0 Å². The molecule has 1 N–H and O–H groups in total. The highest BCUT2D eigenvalue weighted by Gasteiger charge is 2.28. The molecule has 2 fully saturated rings. The monoisotopic (exact) mass is 220 g/mol. The molecule has 2 aliphatic rings. The molecular weight excluding hydrogens is 200 g/mol. The van der Waals surface area contributed by atoms with Crippen LogP contribution in [0.4, 0.5) is 0 Å². The lowest BCUT2D eigenvalue weighted by Crippen LogP contribution is -2.41. The summed E-state index contributed by atoms with van der Waals surface area (Å²) in [6, 6.07) is 0.487. The van der Waals surface area contributed by atoms with Gasteiger partial charge in [0.05, 0.1) is 0 Å². The summed E-state index contributed by atoms with van der Waals surface area (Å²) in [6.45, 7) is 4.56. The average molecular weight is 220 g/mol. The van der Waals surface area contributed by atoms with Crippen molar-refractivity contribution in [2.45, 2.75) is 38.6 Å². The van der Waals surface area contributed by atoms with Gasteiger partial charge in [-0.05, 0) is 51.0 Å². The van der Waals surface area contributed by atoms with Crippen molar-refractivity contribution in [1.82, 2.24) is 10.2 Å². The highest BCUT2D eigenvalue weighted by atomic mass is 16.2. The van der Waals surface area contributed by atoms with E-state index in [1.165, 1.54) is 25.7 Å². The number of hydrogen-bond donors (Lipinski definition) is 1. The van der Waals surface area contributed by atoms with Gasteiger partial charge < -0.3 is 10.2 Å². The van der Waals surface area contributed by atoms with Gasteiger partial charge in [-0.2, -0.15) is 0 Å². The highest BCUT2D eigenvalue weighted by molar-refractivity contribution is 5.93. The molecule has 0 aromatic heterocycles. The zero-order valence-corrected chi connectivity index (χ0v) is 9.96. The van der Waals surface area contributed by atoms with Crippen LogP contribution in [0.5, 0.6) is 0 Å². The molecular formula is C13H20N2O. The smallest absolute Gasteiger partial charge is 0.298 e. The van der Waals surface area contributed by atoms with E-state index in [-0.39, 0.29) is 5.91 Å². The van der Waals surface area contributed by atoms with Gasteiger partial charge in [0.25, 0.3) is 5.91 Å². The molecule has 1 amide bonds. The summed E-state index contributed by atoms with van der Waals surface area (Å²) in [6.07, 6.45) is 4.98. The van der Waals surface area contributed by atoms with Gasteiger partial charge in [0.2, 0.25) is 0 Å². The van der Waals surface area contributed by atoms with Gasteiger partial charge in [-0.1, -0.05) is 5.92 Å². The third kappa shape index (κ3) is 3.24. The minimum atomic E-state index is 0.00287. The molecule has 0 aromatic rings. The number of carbonyl (C=O) groups excluding carboxylic acids is 1. The Hall–Kier alpha value is -1.01. The van der Waals surface area contributed by atoms with E-state index in [4.69, 9.17) is 0 Å². The Labute approximate surface area is 97.6 Å². The summed E-state index contributed by atoms with van der Waals surface area (Å²) in [5.41, 5.74) is 0. The maximum absolute atomic E-state index is 11.8. The summed E-state index contributed by atoms with van der Waals surface area (Å²) in [5, 5.41) is 3.44. The van der Waals surface area contributed by atoms with Crippen LogP contribution in [0.1, 0.15) is 32.6 Å². The molecule has 0 spiro atoms. The number of carbonyl (C=O) groups is 1. The van der Waals surface area contributed by atoms with Crippen LogP contribution in [0.25, 0.3) is 0 Å². The van der Waals surface area contributed by atoms with Gasteiger partial charge in [0.1, 0.15) is 0 Å². The van der Waals surface area contributed by atoms with E-state index in [1.54, 1.807) is 6.92 Å². The maximum Gasteiger partial charge on any atom is 0.298 e. The Morgan fingerprint density at radius 2 is 2.19 bits per heavy atom. The zero-order valence-electron chi connectivity index (χ0n) is 9.96. The largest absolute Gasteiger partial charge is 0.330 e. The van der Waals surface area contributed by atoms with Crippen LogP contribution >= 0.6 is 0 Å². The molecule has 1 aliphatic heterocycles. The van der Waals surface area contributed by atoms with Crippen LogP contribution in [0.2, 0.25) is 0 Å². The molecule has 2 rings (SSSR count). The zero-order chi connectivity index (χ0) is 11.4. The van der Waals surface area contributed by atoms with Gasteiger partial charge in [-0.15, -0.1) is 0 Å². The molecule has 3 nitrogen and oxygen atoms in total. The Balaban J connectivity index is 1.88. The third-order valence-corrected chi connectivity index (χ3v) is 3.30. The second kappa shape index (κ2) is 5.36. The van der Waals surface area contributed by atoms with Gasteiger partial charge in [0, 0.05) is 19.1 Å². The second-order valence-corrected chi connectivity index (χ2v) is 4.82. The molecule has 16 heavy (non-hydrogen) atoms. The molecule has 3 heteroatoms. The first-order valence-electron chi connectivity index (χ1n) is 6.24. The first-order chi connectivity index (χ1) is 7.79. The predicted octanol–water partition coefficient (Wildman–Crippen LogP) is 1.00. The van der Waals surface area contributed by atoms with Crippen LogP contribution in [0.3, 0.4) is 0 Å². The van der Waals surface area contributed by atoms with Gasteiger partial charge in [0.15, 0.2) is 0 Å². The lowest BCUT2D eigenvalue weighted by Gasteiger charge is -2.23. The minimum Gasteiger partial charge on any atom is -0.330 e. The molecule has 88 valence electrons. The Morgan fingerprint density at radius 3 is 2.75 bits per heavy atom. The molecule has 0 bridgehead atoms. The van der Waals surface area contributed by atoms with E-state index in [0.717, 1.165) is 25.6 Å². The van der Waals surface area contributed by atoms with Crippen molar-refractivity contribution >= 4 is 5.91 Å². The van der Waals surface area contributed by atoms with Crippen molar-refractivity contribution in [2.75, 3.05) is 19.6 Å². The molecule has 1 saturated heterocycles. The standard InChI is InChI=1S/C13H20N2O/c1-2-4-13(16)15(9-11-6-7-11)10-12-5-3-8-14-12/h11-12,14H,3,5-10H2,1H3. The summed E-state index contributed by atoms with van der Waals surface area (Å²) >= 11 is 0. The molecule has 1 unspecified atom stereocenters. The fraction of sp³-hybridized carbons (Fsp3) is 0.769. The van der Waals surface area contributed by atoms with E-state index < -0.39 is 0 Å². The number of amides is 1. The first-order valence-corrected chi connectivity index (χ1v) is 6.24. The maximum atomic E-state index is 11.8. The Bertz CT molecular complexity index is 306. The SMILES string of the molecule is CC#CC(=O)N(CC1CC1)CC1CCCN1. The van der Waals surface area contributed by atoms with Crippen molar-refractivity contribution in [3.63, 3.8) is 0 Å². The molecule has 1 heterocycles. The first kappa shape index (κ1) is 11.5. The fourth-order valence-corrected chi connectivity index (χ4v) is 2.22. The Kier molecular flexibility index (Phi) is 3.84. The van der Waals surface area contributed by atoms with Crippen LogP contribution in [-0.2, 0) is 4.79 Å². The lowest BCUT2D eigenvalue weighted by molar-refractivity contribution is -0.125. The fourth-order valence-electron chi connectivity index (χ4n) is 2.22. The predicted molar refractivity (Wildman–Crippen MR) is 63.8 cm³/mol. The van der Waals surface area contributed by atoms with E-state index in [1.807, 2.05) is 4.90 Å².